The monoisotopic (exact) mass is 357 g/mol. The standard InChI is InChI=1S/C21H19N5O/c1-3-19(27)18-12-14-11-15(10-13(2)20(14)25-18)24-21-23-9-7-17(26-21)16-6-4-5-8-22-16/h4-12,25H,3H2,1-2H3,(H,23,24,26). The zero-order valence-electron chi connectivity index (χ0n) is 15.2. The SMILES string of the molecule is CCC(=O)c1cc2cc(Nc3nccc(-c4ccccn4)n3)cc(C)c2[nH]1. The molecule has 6 heteroatoms. The molecule has 3 heterocycles. The van der Waals surface area contributed by atoms with E-state index in [1.54, 1.807) is 12.4 Å². The summed E-state index contributed by atoms with van der Waals surface area (Å²) in [5, 5.41) is 4.23. The molecule has 0 fully saturated rings. The zero-order chi connectivity index (χ0) is 18.8. The van der Waals surface area contributed by atoms with Crippen molar-refractivity contribution in [2.45, 2.75) is 20.3 Å². The third-order valence-electron chi connectivity index (χ3n) is 4.39. The molecule has 2 N–H and O–H groups in total. The number of ketones is 1. The number of nitrogens with zero attached hydrogens (tertiary/aromatic N) is 3. The summed E-state index contributed by atoms with van der Waals surface area (Å²) in [6.45, 7) is 3.87. The summed E-state index contributed by atoms with van der Waals surface area (Å²) in [5.41, 5.74) is 5.08. The maximum absolute atomic E-state index is 12.0. The van der Waals surface area contributed by atoms with Crippen molar-refractivity contribution in [1.82, 2.24) is 19.9 Å². The summed E-state index contributed by atoms with van der Waals surface area (Å²) in [4.78, 5) is 28.4. The number of benzene rings is 1. The number of fused-ring (bicyclic) bond motifs is 1. The predicted molar refractivity (Wildman–Crippen MR) is 106 cm³/mol. The first-order chi connectivity index (χ1) is 13.1. The van der Waals surface area contributed by atoms with Crippen molar-refractivity contribution < 1.29 is 4.79 Å². The van der Waals surface area contributed by atoms with Crippen molar-refractivity contribution in [3.05, 3.63) is 66.1 Å². The van der Waals surface area contributed by atoms with Gasteiger partial charge in [0.05, 0.1) is 17.1 Å². The van der Waals surface area contributed by atoms with Crippen molar-refractivity contribution in [2.75, 3.05) is 5.32 Å². The van der Waals surface area contributed by atoms with Gasteiger partial charge in [-0.05, 0) is 48.9 Å². The minimum absolute atomic E-state index is 0.103. The van der Waals surface area contributed by atoms with Gasteiger partial charge < -0.3 is 10.3 Å². The Morgan fingerprint density at radius 1 is 1.07 bits per heavy atom. The first-order valence-electron chi connectivity index (χ1n) is 8.82. The number of carbonyl (C=O) groups is 1. The average molecular weight is 357 g/mol. The van der Waals surface area contributed by atoms with E-state index in [0.29, 0.717) is 18.1 Å². The van der Waals surface area contributed by atoms with Gasteiger partial charge in [0.25, 0.3) is 0 Å². The van der Waals surface area contributed by atoms with Gasteiger partial charge in [-0.1, -0.05) is 13.0 Å². The van der Waals surface area contributed by atoms with E-state index in [1.807, 2.05) is 56.3 Å². The number of aryl methyl sites for hydroxylation is 1. The van der Waals surface area contributed by atoms with Crippen LogP contribution in [-0.4, -0.2) is 25.7 Å². The molecular formula is C21H19N5O. The fourth-order valence-corrected chi connectivity index (χ4v) is 3.04. The number of H-pyrrole nitrogens is 1. The van der Waals surface area contributed by atoms with E-state index in [2.05, 4.69) is 25.3 Å². The van der Waals surface area contributed by atoms with E-state index < -0.39 is 0 Å². The summed E-state index contributed by atoms with van der Waals surface area (Å²) in [7, 11) is 0. The van der Waals surface area contributed by atoms with Crippen LogP contribution in [0.4, 0.5) is 11.6 Å². The Morgan fingerprint density at radius 2 is 1.96 bits per heavy atom. The third kappa shape index (κ3) is 3.42. The molecule has 0 aliphatic heterocycles. The topological polar surface area (TPSA) is 83.6 Å². The Morgan fingerprint density at radius 3 is 2.74 bits per heavy atom. The number of carbonyl (C=O) groups excluding carboxylic acids is 1. The first-order valence-corrected chi connectivity index (χ1v) is 8.82. The van der Waals surface area contributed by atoms with Gasteiger partial charge in [-0.3, -0.25) is 9.78 Å². The Labute approximate surface area is 156 Å². The van der Waals surface area contributed by atoms with Crippen LogP contribution in [0.1, 0.15) is 29.4 Å². The molecule has 0 aliphatic carbocycles. The van der Waals surface area contributed by atoms with Gasteiger partial charge in [-0.2, -0.15) is 0 Å². The molecule has 134 valence electrons. The van der Waals surface area contributed by atoms with E-state index in [1.165, 1.54) is 0 Å². The lowest BCUT2D eigenvalue weighted by atomic mass is 10.1. The summed E-state index contributed by atoms with van der Waals surface area (Å²) < 4.78 is 0. The lowest BCUT2D eigenvalue weighted by molar-refractivity contribution is 0.0984. The van der Waals surface area contributed by atoms with Crippen molar-refractivity contribution in [1.29, 1.82) is 0 Å². The number of aromatic amines is 1. The highest BCUT2D eigenvalue weighted by molar-refractivity contribution is 6.00. The average Bonchev–Trinajstić information content (AvgIpc) is 3.13. The summed E-state index contributed by atoms with van der Waals surface area (Å²) in [5.74, 6) is 0.601. The highest BCUT2D eigenvalue weighted by Gasteiger charge is 2.11. The summed E-state index contributed by atoms with van der Waals surface area (Å²) in [6.07, 6.45) is 3.92. The fourth-order valence-electron chi connectivity index (χ4n) is 3.04. The second kappa shape index (κ2) is 6.99. The molecule has 1 aromatic carbocycles. The van der Waals surface area contributed by atoms with Crippen LogP contribution in [0.3, 0.4) is 0 Å². The van der Waals surface area contributed by atoms with Gasteiger partial charge in [0.2, 0.25) is 5.95 Å². The molecule has 4 rings (SSSR count). The number of nitrogens with one attached hydrogen (secondary N) is 2. The van der Waals surface area contributed by atoms with Gasteiger partial charge in [0, 0.05) is 35.4 Å². The number of pyridine rings is 1. The molecule has 0 saturated carbocycles. The Kier molecular flexibility index (Phi) is 4.38. The molecule has 0 unspecified atom stereocenters. The van der Waals surface area contributed by atoms with E-state index in [9.17, 15) is 4.79 Å². The van der Waals surface area contributed by atoms with Gasteiger partial charge >= 0.3 is 0 Å². The van der Waals surface area contributed by atoms with E-state index in [4.69, 9.17) is 0 Å². The van der Waals surface area contributed by atoms with Gasteiger partial charge in [-0.15, -0.1) is 0 Å². The number of hydrogen-bond acceptors (Lipinski definition) is 5. The first kappa shape index (κ1) is 16.9. The fraction of sp³-hybridized carbons (Fsp3) is 0.143. The zero-order valence-corrected chi connectivity index (χ0v) is 15.2. The molecule has 0 aliphatic rings. The minimum Gasteiger partial charge on any atom is -0.352 e. The Bertz CT molecular complexity index is 1120. The molecule has 0 saturated heterocycles. The largest absolute Gasteiger partial charge is 0.352 e. The molecule has 0 bridgehead atoms. The highest BCUT2D eigenvalue weighted by Crippen LogP contribution is 2.26. The predicted octanol–water partition coefficient (Wildman–Crippen LogP) is 4.66. The minimum atomic E-state index is 0.103. The quantitative estimate of drug-likeness (QED) is 0.507. The third-order valence-corrected chi connectivity index (χ3v) is 4.39. The van der Waals surface area contributed by atoms with Crippen LogP contribution in [0, 0.1) is 6.92 Å². The lowest BCUT2D eigenvalue weighted by Gasteiger charge is -2.08. The molecule has 0 amide bonds. The van der Waals surface area contributed by atoms with Crippen LogP contribution in [0.15, 0.2) is 54.9 Å². The molecule has 0 atom stereocenters. The molecule has 0 radical (unpaired) electrons. The lowest BCUT2D eigenvalue weighted by Crippen LogP contribution is -1.98. The molecule has 3 aromatic heterocycles. The Hall–Kier alpha value is -3.54. The van der Waals surface area contributed by atoms with Crippen molar-refractivity contribution in [2.24, 2.45) is 0 Å². The number of Topliss-reactive ketones (excluding diaryl/α,β-unsaturated/α-hetero) is 1. The maximum Gasteiger partial charge on any atom is 0.227 e. The normalized spacial score (nSPS) is 10.9. The van der Waals surface area contributed by atoms with Crippen molar-refractivity contribution in [3.8, 4) is 11.4 Å². The van der Waals surface area contributed by atoms with Gasteiger partial charge in [-0.25, -0.2) is 9.97 Å². The van der Waals surface area contributed by atoms with E-state index in [0.717, 1.165) is 33.5 Å². The number of anilines is 2. The van der Waals surface area contributed by atoms with Crippen LogP contribution in [-0.2, 0) is 0 Å². The summed E-state index contributed by atoms with van der Waals surface area (Å²) in [6, 6.07) is 13.4. The smallest absolute Gasteiger partial charge is 0.227 e. The summed E-state index contributed by atoms with van der Waals surface area (Å²) >= 11 is 0. The van der Waals surface area contributed by atoms with Crippen molar-refractivity contribution >= 4 is 28.3 Å². The van der Waals surface area contributed by atoms with Crippen LogP contribution < -0.4 is 5.32 Å². The number of hydrogen-bond donors (Lipinski definition) is 2. The van der Waals surface area contributed by atoms with Crippen LogP contribution in [0.25, 0.3) is 22.3 Å². The van der Waals surface area contributed by atoms with Gasteiger partial charge in [0.1, 0.15) is 0 Å². The number of rotatable bonds is 5. The number of aromatic nitrogens is 4. The van der Waals surface area contributed by atoms with Crippen molar-refractivity contribution in [3.63, 3.8) is 0 Å². The van der Waals surface area contributed by atoms with E-state index in [-0.39, 0.29) is 5.78 Å². The van der Waals surface area contributed by atoms with Gasteiger partial charge in [0.15, 0.2) is 5.78 Å². The Balaban J connectivity index is 1.66. The van der Waals surface area contributed by atoms with Crippen LogP contribution in [0.5, 0.6) is 0 Å². The molecule has 27 heavy (non-hydrogen) atoms. The van der Waals surface area contributed by atoms with Crippen LogP contribution >= 0.6 is 0 Å². The second-order valence-electron chi connectivity index (χ2n) is 6.32. The molecule has 6 nitrogen and oxygen atoms in total. The van der Waals surface area contributed by atoms with Crippen LogP contribution in [0.2, 0.25) is 0 Å². The highest BCUT2D eigenvalue weighted by atomic mass is 16.1. The molecule has 0 spiro atoms. The maximum atomic E-state index is 12.0. The molecule has 4 aromatic rings. The molecular weight excluding hydrogens is 338 g/mol. The van der Waals surface area contributed by atoms with E-state index >= 15 is 0 Å². The second-order valence-corrected chi connectivity index (χ2v) is 6.32.